The number of hydrogen-bond acceptors (Lipinski definition) is 6. The van der Waals surface area contributed by atoms with Gasteiger partial charge in [0, 0.05) is 19.6 Å². The van der Waals surface area contributed by atoms with Crippen LogP contribution in [0.15, 0.2) is 6.20 Å². The summed E-state index contributed by atoms with van der Waals surface area (Å²) in [7, 11) is 0. The fourth-order valence-electron chi connectivity index (χ4n) is 5.26. The molecule has 8 nitrogen and oxygen atoms in total. The van der Waals surface area contributed by atoms with Crippen LogP contribution in [0.25, 0.3) is 0 Å². The molecule has 3 saturated heterocycles. The van der Waals surface area contributed by atoms with Crippen LogP contribution in [0.5, 0.6) is 0 Å². The minimum atomic E-state index is -0.542. The lowest BCUT2D eigenvalue weighted by molar-refractivity contribution is -0.167. The summed E-state index contributed by atoms with van der Waals surface area (Å²) in [5.41, 5.74) is -0.774. The van der Waals surface area contributed by atoms with Crippen LogP contribution in [0, 0.1) is 5.41 Å². The maximum atomic E-state index is 12.8. The average molecular weight is 362 g/mol. The summed E-state index contributed by atoms with van der Waals surface area (Å²) in [6.45, 7) is 7.94. The number of esters is 1. The SMILES string of the molecule is CCOC(=O)C12CC(C)(C1)OC21CCN(C(=O)c2cnnn2CC)CC1. The fraction of sp³-hybridized carbons (Fsp3) is 0.778. The second-order valence-corrected chi connectivity index (χ2v) is 7.93. The Kier molecular flexibility index (Phi) is 3.87. The van der Waals surface area contributed by atoms with Gasteiger partial charge in [0.15, 0.2) is 0 Å². The summed E-state index contributed by atoms with van der Waals surface area (Å²) in [6.07, 6.45) is 4.26. The van der Waals surface area contributed by atoms with E-state index >= 15 is 0 Å². The van der Waals surface area contributed by atoms with E-state index in [1.807, 2.05) is 18.7 Å². The lowest BCUT2D eigenvalue weighted by Gasteiger charge is -2.47. The van der Waals surface area contributed by atoms with Crippen LogP contribution in [0.3, 0.4) is 0 Å². The minimum Gasteiger partial charge on any atom is -0.465 e. The highest BCUT2D eigenvalue weighted by Crippen LogP contribution is 2.69. The van der Waals surface area contributed by atoms with Gasteiger partial charge in [0.2, 0.25) is 0 Å². The summed E-state index contributed by atoms with van der Waals surface area (Å²) < 4.78 is 13.4. The monoisotopic (exact) mass is 362 g/mol. The van der Waals surface area contributed by atoms with Crippen molar-refractivity contribution in [2.45, 2.75) is 64.2 Å². The number of carbonyl (C=O) groups excluding carboxylic acids is 2. The Morgan fingerprint density at radius 2 is 1.96 bits per heavy atom. The van der Waals surface area contributed by atoms with Crippen molar-refractivity contribution in [2.24, 2.45) is 5.41 Å². The number of piperidine rings is 1. The van der Waals surface area contributed by atoms with Crippen LogP contribution >= 0.6 is 0 Å². The fourth-order valence-corrected chi connectivity index (χ4v) is 5.26. The Labute approximate surface area is 152 Å². The number of rotatable bonds is 4. The third kappa shape index (κ3) is 2.24. The van der Waals surface area contributed by atoms with Crippen LogP contribution in [-0.2, 0) is 20.8 Å². The van der Waals surface area contributed by atoms with Crippen LogP contribution < -0.4 is 0 Å². The Morgan fingerprint density at radius 1 is 1.27 bits per heavy atom. The molecular weight excluding hydrogens is 336 g/mol. The molecule has 142 valence electrons. The molecule has 3 aliphatic heterocycles. The van der Waals surface area contributed by atoms with Crippen molar-refractivity contribution in [1.82, 2.24) is 19.9 Å². The predicted molar refractivity (Wildman–Crippen MR) is 91.4 cm³/mol. The van der Waals surface area contributed by atoms with E-state index in [0.29, 0.717) is 44.8 Å². The Balaban J connectivity index is 1.51. The summed E-state index contributed by atoms with van der Waals surface area (Å²) in [5.74, 6) is -0.198. The molecule has 4 heterocycles. The number of ether oxygens (including phenoxy) is 2. The van der Waals surface area contributed by atoms with Crippen molar-refractivity contribution in [2.75, 3.05) is 19.7 Å². The molecule has 0 unspecified atom stereocenters. The van der Waals surface area contributed by atoms with E-state index in [1.165, 1.54) is 6.20 Å². The molecule has 0 aromatic carbocycles. The van der Waals surface area contributed by atoms with Gasteiger partial charge in [0.05, 0.1) is 24.0 Å². The molecule has 2 bridgehead atoms. The van der Waals surface area contributed by atoms with Crippen LogP contribution in [0.2, 0.25) is 0 Å². The second-order valence-electron chi connectivity index (χ2n) is 7.93. The maximum absolute atomic E-state index is 12.8. The van der Waals surface area contributed by atoms with E-state index in [-0.39, 0.29) is 17.5 Å². The molecule has 1 saturated carbocycles. The van der Waals surface area contributed by atoms with Crippen molar-refractivity contribution in [3.63, 3.8) is 0 Å². The van der Waals surface area contributed by atoms with Crippen LogP contribution in [0.1, 0.15) is 56.9 Å². The first-order valence-corrected chi connectivity index (χ1v) is 9.44. The molecule has 1 aromatic rings. The lowest BCUT2D eigenvalue weighted by Crippen LogP contribution is -2.58. The second kappa shape index (κ2) is 5.77. The van der Waals surface area contributed by atoms with E-state index in [2.05, 4.69) is 17.2 Å². The zero-order valence-corrected chi connectivity index (χ0v) is 15.7. The highest BCUT2D eigenvalue weighted by molar-refractivity contribution is 5.92. The number of hydrogen-bond donors (Lipinski definition) is 0. The average Bonchev–Trinajstić information content (AvgIpc) is 3.23. The number of aryl methyl sites for hydroxylation is 1. The molecule has 4 aliphatic rings. The first-order valence-electron chi connectivity index (χ1n) is 9.44. The third-order valence-corrected chi connectivity index (χ3v) is 6.33. The molecule has 1 aliphatic carbocycles. The normalized spacial score (nSPS) is 31.7. The summed E-state index contributed by atoms with van der Waals surface area (Å²) in [6, 6.07) is 0. The van der Waals surface area contributed by atoms with Gasteiger partial charge in [0.25, 0.3) is 5.91 Å². The molecule has 26 heavy (non-hydrogen) atoms. The number of amides is 1. The maximum Gasteiger partial charge on any atom is 0.315 e. The first kappa shape index (κ1) is 17.5. The van der Waals surface area contributed by atoms with Gasteiger partial charge in [-0.1, -0.05) is 5.21 Å². The Hall–Kier alpha value is -1.96. The largest absolute Gasteiger partial charge is 0.465 e. The van der Waals surface area contributed by atoms with Gasteiger partial charge < -0.3 is 14.4 Å². The van der Waals surface area contributed by atoms with Gasteiger partial charge in [-0.25, -0.2) is 4.68 Å². The molecule has 0 radical (unpaired) electrons. The third-order valence-electron chi connectivity index (χ3n) is 6.33. The first-order chi connectivity index (χ1) is 12.4. The van der Waals surface area contributed by atoms with Gasteiger partial charge in [-0.3, -0.25) is 9.59 Å². The molecular formula is C18H26N4O4. The smallest absolute Gasteiger partial charge is 0.315 e. The molecule has 1 aromatic heterocycles. The molecule has 0 N–H and O–H groups in total. The Morgan fingerprint density at radius 3 is 2.58 bits per heavy atom. The minimum absolute atomic E-state index is 0.0616. The van der Waals surface area contributed by atoms with E-state index in [9.17, 15) is 9.59 Å². The van der Waals surface area contributed by atoms with Gasteiger partial charge in [-0.05, 0) is 46.5 Å². The van der Waals surface area contributed by atoms with E-state index < -0.39 is 11.0 Å². The van der Waals surface area contributed by atoms with Gasteiger partial charge in [-0.15, -0.1) is 5.10 Å². The molecule has 1 spiro atoms. The van der Waals surface area contributed by atoms with Crippen LogP contribution in [0.4, 0.5) is 0 Å². The van der Waals surface area contributed by atoms with E-state index in [4.69, 9.17) is 9.47 Å². The topological polar surface area (TPSA) is 86.6 Å². The van der Waals surface area contributed by atoms with Crippen molar-refractivity contribution in [3.8, 4) is 0 Å². The number of nitrogens with zero attached hydrogens (tertiary/aromatic N) is 4. The summed E-state index contributed by atoms with van der Waals surface area (Å²) in [5, 5.41) is 7.78. The zero-order valence-electron chi connectivity index (χ0n) is 15.7. The van der Waals surface area contributed by atoms with Crippen molar-refractivity contribution in [3.05, 3.63) is 11.9 Å². The highest BCUT2D eigenvalue weighted by Gasteiger charge is 2.77. The van der Waals surface area contributed by atoms with Gasteiger partial charge in [-0.2, -0.15) is 0 Å². The molecule has 0 atom stereocenters. The zero-order chi connectivity index (χ0) is 18.6. The predicted octanol–water partition coefficient (Wildman–Crippen LogP) is 1.40. The Bertz CT molecular complexity index is 729. The van der Waals surface area contributed by atoms with Crippen molar-refractivity contribution < 1.29 is 19.1 Å². The molecule has 4 fully saturated rings. The van der Waals surface area contributed by atoms with Crippen molar-refractivity contribution in [1.29, 1.82) is 0 Å². The van der Waals surface area contributed by atoms with Crippen molar-refractivity contribution >= 4 is 11.9 Å². The summed E-state index contributed by atoms with van der Waals surface area (Å²) >= 11 is 0. The van der Waals surface area contributed by atoms with Crippen LogP contribution in [-0.4, -0.2) is 62.7 Å². The molecule has 5 rings (SSSR count). The highest BCUT2D eigenvalue weighted by atomic mass is 16.6. The number of likely N-dealkylation sites (tertiary alicyclic amines) is 1. The van der Waals surface area contributed by atoms with Gasteiger partial charge >= 0.3 is 5.97 Å². The number of carbonyl (C=O) groups is 2. The van der Waals surface area contributed by atoms with E-state index in [1.54, 1.807) is 4.68 Å². The standard InChI is InChI=1S/C18H26N4O4/c1-4-22-13(10-19-20-22)14(23)21-8-6-18(7-9-21)17(15(24)25-5-2)11-16(3,12-17)26-18/h10H,4-9,11-12H2,1-3H3. The lowest BCUT2D eigenvalue weighted by atomic mass is 9.54. The molecule has 1 amide bonds. The van der Waals surface area contributed by atoms with Gasteiger partial charge in [0.1, 0.15) is 11.1 Å². The molecule has 8 heteroatoms. The van der Waals surface area contributed by atoms with E-state index in [0.717, 1.165) is 12.8 Å². The quantitative estimate of drug-likeness (QED) is 0.753. The number of aromatic nitrogens is 3. The summed E-state index contributed by atoms with van der Waals surface area (Å²) in [4.78, 5) is 27.3.